The van der Waals surface area contributed by atoms with Gasteiger partial charge in [-0.3, -0.25) is 0 Å². The summed E-state index contributed by atoms with van der Waals surface area (Å²) in [5, 5.41) is 0. The fraction of sp³-hybridized carbons (Fsp3) is 0.286. The van der Waals surface area contributed by atoms with Gasteiger partial charge in [-0.2, -0.15) is 0 Å². The smallest absolute Gasteiger partial charge is 0.360 e. The monoisotopic (exact) mass is 292 g/mol. The first kappa shape index (κ1) is 14.6. The van der Waals surface area contributed by atoms with Crippen molar-refractivity contribution in [2.24, 2.45) is 0 Å². The lowest BCUT2D eigenvalue weighted by atomic mass is 10.1. The van der Waals surface area contributed by atoms with Gasteiger partial charge in [-0.05, 0) is 23.7 Å². The number of imidazole rings is 1. The Hall–Kier alpha value is -1.79. The standard InChI is InChI=1S/C14H16N2O3S/c1-11(12-6-4-3-5-7-12)16-9-15-8-13(16)14(17)19-10-20(2)18/h3-9,11H,10H2,1-2H3/t11-,20?/m1/s1. The van der Waals surface area contributed by atoms with Crippen LogP contribution < -0.4 is 0 Å². The molecule has 0 amide bonds. The molecule has 0 aliphatic rings. The maximum atomic E-state index is 11.9. The molecule has 1 heterocycles. The fourth-order valence-corrected chi connectivity index (χ4v) is 2.15. The Kier molecular flexibility index (Phi) is 4.81. The van der Waals surface area contributed by atoms with Crippen molar-refractivity contribution in [2.45, 2.75) is 13.0 Å². The molecular formula is C14H16N2O3S. The molecule has 20 heavy (non-hydrogen) atoms. The van der Waals surface area contributed by atoms with Crippen molar-refractivity contribution in [3.8, 4) is 0 Å². The number of benzene rings is 1. The SMILES string of the molecule is C[C@H](c1ccccc1)n1cncc1C(=O)OC[S+](C)[O-]. The average molecular weight is 292 g/mol. The van der Waals surface area contributed by atoms with E-state index in [1.54, 1.807) is 10.9 Å². The van der Waals surface area contributed by atoms with E-state index in [-0.39, 0.29) is 12.0 Å². The molecule has 5 nitrogen and oxygen atoms in total. The largest absolute Gasteiger partial charge is 0.614 e. The second-order valence-corrected chi connectivity index (χ2v) is 5.78. The molecule has 0 spiro atoms. The predicted molar refractivity (Wildman–Crippen MR) is 76.8 cm³/mol. The molecule has 0 saturated heterocycles. The number of esters is 1. The van der Waals surface area contributed by atoms with E-state index in [0.29, 0.717) is 5.69 Å². The van der Waals surface area contributed by atoms with Crippen LogP contribution in [0.2, 0.25) is 0 Å². The number of ether oxygens (including phenoxy) is 1. The van der Waals surface area contributed by atoms with Gasteiger partial charge in [0, 0.05) is 0 Å². The van der Waals surface area contributed by atoms with Crippen LogP contribution in [0.15, 0.2) is 42.9 Å². The topological polar surface area (TPSA) is 67.2 Å². The normalized spacial score (nSPS) is 13.8. The van der Waals surface area contributed by atoms with Gasteiger partial charge in [0.1, 0.15) is 5.69 Å². The van der Waals surface area contributed by atoms with Crippen molar-refractivity contribution in [1.82, 2.24) is 9.55 Å². The summed E-state index contributed by atoms with van der Waals surface area (Å²) in [6.45, 7) is 1.98. The molecule has 2 aromatic rings. The van der Waals surface area contributed by atoms with Crippen LogP contribution in [0.4, 0.5) is 0 Å². The maximum absolute atomic E-state index is 11.9. The van der Waals surface area contributed by atoms with E-state index in [0.717, 1.165) is 5.56 Å². The molecule has 1 aromatic heterocycles. The van der Waals surface area contributed by atoms with Crippen LogP contribution in [0.5, 0.6) is 0 Å². The molecule has 0 radical (unpaired) electrons. The molecule has 6 heteroatoms. The van der Waals surface area contributed by atoms with Crippen molar-refractivity contribution in [2.75, 3.05) is 12.2 Å². The highest BCUT2D eigenvalue weighted by Crippen LogP contribution is 2.19. The number of carbonyl (C=O) groups excluding carboxylic acids is 1. The molecule has 0 bridgehead atoms. The maximum Gasteiger partial charge on any atom is 0.360 e. The second-order valence-electron chi connectivity index (χ2n) is 4.40. The number of hydrogen-bond donors (Lipinski definition) is 0. The molecule has 2 rings (SSSR count). The summed E-state index contributed by atoms with van der Waals surface area (Å²) >= 11 is -1.17. The van der Waals surface area contributed by atoms with Crippen LogP contribution in [-0.4, -0.2) is 32.3 Å². The summed E-state index contributed by atoms with van der Waals surface area (Å²) in [6, 6.07) is 9.77. The Labute approximate surface area is 120 Å². The molecule has 2 atom stereocenters. The zero-order valence-electron chi connectivity index (χ0n) is 11.4. The van der Waals surface area contributed by atoms with Gasteiger partial charge in [0.2, 0.25) is 5.94 Å². The molecule has 106 valence electrons. The third-order valence-electron chi connectivity index (χ3n) is 2.93. The van der Waals surface area contributed by atoms with E-state index in [4.69, 9.17) is 4.74 Å². The minimum Gasteiger partial charge on any atom is -0.614 e. The minimum absolute atomic E-state index is 0.0339. The van der Waals surface area contributed by atoms with Crippen molar-refractivity contribution >= 4 is 17.1 Å². The number of aromatic nitrogens is 2. The van der Waals surface area contributed by atoms with E-state index in [2.05, 4.69) is 4.98 Å². The van der Waals surface area contributed by atoms with Crippen molar-refractivity contribution in [1.29, 1.82) is 0 Å². The number of carbonyl (C=O) groups is 1. The lowest BCUT2D eigenvalue weighted by Gasteiger charge is -2.16. The molecule has 0 N–H and O–H groups in total. The van der Waals surface area contributed by atoms with Crippen LogP contribution >= 0.6 is 0 Å². The van der Waals surface area contributed by atoms with Crippen LogP contribution in [0.3, 0.4) is 0 Å². The van der Waals surface area contributed by atoms with Crippen LogP contribution in [0.1, 0.15) is 29.0 Å². The second kappa shape index (κ2) is 6.58. The Balaban J connectivity index is 2.18. The summed E-state index contributed by atoms with van der Waals surface area (Å²) in [4.78, 5) is 16.0. The summed E-state index contributed by atoms with van der Waals surface area (Å²) in [5.41, 5.74) is 1.42. The third-order valence-corrected chi connectivity index (χ3v) is 3.38. The van der Waals surface area contributed by atoms with Gasteiger partial charge < -0.3 is 13.9 Å². The highest BCUT2D eigenvalue weighted by molar-refractivity contribution is 7.90. The van der Waals surface area contributed by atoms with E-state index in [1.165, 1.54) is 12.5 Å². The summed E-state index contributed by atoms with van der Waals surface area (Å²) in [7, 11) is 0. The fourth-order valence-electron chi connectivity index (χ4n) is 1.87. The van der Waals surface area contributed by atoms with E-state index >= 15 is 0 Å². The Bertz CT molecular complexity index is 569. The zero-order valence-corrected chi connectivity index (χ0v) is 12.2. The number of hydrogen-bond acceptors (Lipinski definition) is 4. The molecule has 0 fully saturated rings. The van der Waals surface area contributed by atoms with Crippen molar-refractivity contribution < 1.29 is 14.1 Å². The van der Waals surface area contributed by atoms with Gasteiger partial charge in [0.15, 0.2) is 0 Å². The molecule has 1 aromatic carbocycles. The molecule has 0 aliphatic carbocycles. The van der Waals surface area contributed by atoms with Crippen LogP contribution in [0, 0.1) is 0 Å². The lowest BCUT2D eigenvalue weighted by Crippen LogP contribution is -2.18. The van der Waals surface area contributed by atoms with Gasteiger partial charge in [-0.25, -0.2) is 9.78 Å². The molecular weight excluding hydrogens is 276 g/mol. The number of nitrogens with zero attached hydrogens (tertiary/aromatic N) is 2. The first-order chi connectivity index (χ1) is 9.59. The van der Waals surface area contributed by atoms with Gasteiger partial charge in [-0.15, -0.1) is 0 Å². The lowest BCUT2D eigenvalue weighted by molar-refractivity contribution is 0.0558. The molecule has 0 saturated carbocycles. The van der Waals surface area contributed by atoms with Gasteiger partial charge in [0.05, 0.1) is 24.8 Å². The highest BCUT2D eigenvalue weighted by Gasteiger charge is 2.19. The zero-order chi connectivity index (χ0) is 14.5. The minimum atomic E-state index is -1.17. The van der Waals surface area contributed by atoms with E-state index in [1.807, 2.05) is 37.3 Å². The van der Waals surface area contributed by atoms with Crippen molar-refractivity contribution in [3.63, 3.8) is 0 Å². The van der Waals surface area contributed by atoms with Crippen LogP contribution in [-0.2, 0) is 15.9 Å². The number of rotatable bonds is 5. The summed E-state index contributed by atoms with van der Waals surface area (Å²) < 4.78 is 17.7. The summed E-state index contributed by atoms with van der Waals surface area (Å²) in [5.74, 6) is -0.621. The van der Waals surface area contributed by atoms with Gasteiger partial charge in [0.25, 0.3) is 0 Å². The Morgan fingerprint density at radius 3 is 2.80 bits per heavy atom. The van der Waals surface area contributed by atoms with Gasteiger partial charge >= 0.3 is 5.97 Å². The predicted octanol–water partition coefficient (Wildman–Crippen LogP) is 1.99. The molecule has 0 aliphatic heterocycles. The first-order valence-electron chi connectivity index (χ1n) is 6.13. The van der Waals surface area contributed by atoms with Crippen molar-refractivity contribution in [3.05, 3.63) is 54.1 Å². The van der Waals surface area contributed by atoms with Crippen LogP contribution in [0.25, 0.3) is 0 Å². The molecule has 1 unspecified atom stereocenters. The van der Waals surface area contributed by atoms with E-state index < -0.39 is 17.1 Å². The Morgan fingerprint density at radius 1 is 1.45 bits per heavy atom. The average Bonchev–Trinajstić information content (AvgIpc) is 2.94. The highest BCUT2D eigenvalue weighted by atomic mass is 32.2. The summed E-state index contributed by atoms with van der Waals surface area (Å²) in [6.07, 6.45) is 4.54. The first-order valence-corrected chi connectivity index (χ1v) is 7.86. The third kappa shape index (κ3) is 3.40. The Morgan fingerprint density at radius 2 is 2.15 bits per heavy atom. The quantitative estimate of drug-likeness (QED) is 0.624. The van der Waals surface area contributed by atoms with E-state index in [9.17, 15) is 9.35 Å². The van der Waals surface area contributed by atoms with Gasteiger partial charge in [-0.1, -0.05) is 30.3 Å².